The fourth-order valence-electron chi connectivity index (χ4n) is 4.09. The van der Waals surface area contributed by atoms with Crippen LogP contribution < -0.4 is 5.32 Å². The fourth-order valence-corrected chi connectivity index (χ4v) is 4.21. The Morgan fingerprint density at radius 1 is 1.11 bits per heavy atom. The number of carbonyl (C=O) groups excluding carboxylic acids is 1. The van der Waals surface area contributed by atoms with Crippen molar-refractivity contribution >= 4 is 17.5 Å². The van der Waals surface area contributed by atoms with Crippen molar-refractivity contribution in [1.29, 1.82) is 0 Å². The first-order valence-electron chi connectivity index (χ1n) is 9.60. The van der Waals surface area contributed by atoms with E-state index in [1.807, 2.05) is 36.4 Å². The van der Waals surface area contributed by atoms with Crippen LogP contribution in [0.2, 0.25) is 5.02 Å². The zero-order valence-electron chi connectivity index (χ0n) is 15.6. The van der Waals surface area contributed by atoms with Crippen LogP contribution in [0.25, 0.3) is 0 Å². The molecule has 0 radical (unpaired) electrons. The monoisotopic (exact) mass is 394 g/mol. The molecule has 0 bridgehead atoms. The van der Waals surface area contributed by atoms with Gasteiger partial charge in [0.25, 0.3) is 0 Å². The standard InChI is InChI=1S/C22H23ClN4O/c23-20-8-6-19(7-9-20)22(10-1-2-11-22)21(28)25-13-17-4-3-5-18(12-17)14-27-16-24-15-26-27/h3-9,12,15-16H,1-2,10-11,13-14H2,(H,25,28). The minimum atomic E-state index is -0.442. The van der Waals surface area contributed by atoms with E-state index in [4.69, 9.17) is 11.6 Å². The van der Waals surface area contributed by atoms with Crippen LogP contribution in [0.1, 0.15) is 42.4 Å². The number of nitrogens with zero attached hydrogens (tertiary/aromatic N) is 3. The Morgan fingerprint density at radius 2 is 1.86 bits per heavy atom. The summed E-state index contributed by atoms with van der Waals surface area (Å²) in [4.78, 5) is 17.2. The van der Waals surface area contributed by atoms with Crippen molar-refractivity contribution in [2.24, 2.45) is 0 Å². The topological polar surface area (TPSA) is 59.8 Å². The number of hydrogen-bond acceptors (Lipinski definition) is 3. The highest BCUT2D eigenvalue weighted by molar-refractivity contribution is 6.30. The van der Waals surface area contributed by atoms with Crippen LogP contribution in [0.15, 0.2) is 61.2 Å². The van der Waals surface area contributed by atoms with Crippen LogP contribution in [0.3, 0.4) is 0 Å². The van der Waals surface area contributed by atoms with Gasteiger partial charge in [-0.1, -0.05) is 60.8 Å². The number of halogens is 1. The van der Waals surface area contributed by atoms with Gasteiger partial charge in [0, 0.05) is 11.6 Å². The van der Waals surface area contributed by atoms with Gasteiger partial charge in [-0.2, -0.15) is 5.10 Å². The van der Waals surface area contributed by atoms with Crippen molar-refractivity contribution in [2.75, 3.05) is 0 Å². The molecule has 1 heterocycles. The summed E-state index contributed by atoms with van der Waals surface area (Å²) in [6, 6.07) is 15.9. The molecule has 0 spiro atoms. The molecule has 1 fully saturated rings. The van der Waals surface area contributed by atoms with Gasteiger partial charge in [-0.05, 0) is 41.7 Å². The van der Waals surface area contributed by atoms with Gasteiger partial charge in [-0.3, -0.25) is 4.79 Å². The molecule has 1 amide bonds. The summed E-state index contributed by atoms with van der Waals surface area (Å²) < 4.78 is 1.78. The second-order valence-electron chi connectivity index (χ2n) is 7.39. The molecule has 28 heavy (non-hydrogen) atoms. The molecular weight excluding hydrogens is 372 g/mol. The summed E-state index contributed by atoms with van der Waals surface area (Å²) in [5.74, 6) is 0.106. The number of hydrogen-bond donors (Lipinski definition) is 1. The lowest BCUT2D eigenvalue weighted by molar-refractivity contribution is -0.126. The number of amides is 1. The maximum absolute atomic E-state index is 13.2. The van der Waals surface area contributed by atoms with Crippen molar-refractivity contribution in [2.45, 2.75) is 44.2 Å². The van der Waals surface area contributed by atoms with Crippen molar-refractivity contribution in [3.05, 3.63) is 82.9 Å². The molecule has 1 aliphatic carbocycles. The molecule has 0 atom stereocenters. The molecule has 0 unspecified atom stereocenters. The number of rotatable bonds is 6. The predicted octanol–water partition coefficient (Wildman–Crippen LogP) is 4.11. The first kappa shape index (κ1) is 18.7. The molecule has 1 N–H and O–H groups in total. The molecule has 3 aromatic rings. The summed E-state index contributed by atoms with van der Waals surface area (Å²) in [7, 11) is 0. The van der Waals surface area contributed by atoms with E-state index in [1.165, 1.54) is 6.33 Å². The largest absolute Gasteiger partial charge is 0.351 e. The van der Waals surface area contributed by atoms with Gasteiger partial charge < -0.3 is 5.32 Å². The van der Waals surface area contributed by atoms with E-state index in [-0.39, 0.29) is 5.91 Å². The Bertz CT molecular complexity index is 931. The summed E-state index contributed by atoms with van der Waals surface area (Å²) in [5.41, 5.74) is 2.83. The van der Waals surface area contributed by atoms with Crippen molar-refractivity contribution in [1.82, 2.24) is 20.1 Å². The van der Waals surface area contributed by atoms with Crippen molar-refractivity contribution in [3.8, 4) is 0 Å². The highest BCUT2D eigenvalue weighted by Gasteiger charge is 2.42. The van der Waals surface area contributed by atoms with Gasteiger partial charge in [-0.15, -0.1) is 0 Å². The zero-order chi connectivity index (χ0) is 19.4. The SMILES string of the molecule is O=C(NCc1cccc(Cn2cncn2)c1)C1(c2ccc(Cl)cc2)CCCC1. The van der Waals surface area contributed by atoms with Gasteiger partial charge in [0.15, 0.2) is 0 Å². The van der Waals surface area contributed by atoms with E-state index >= 15 is 0 Å². The zero-order valence-corrected chi connectivity index (χ0v) is 16.4. The van der Waals surface area contributed by atoms with Crippen LogP contribution >= 0.6 is 11.6 Å². The van der Waals surface area contributed by atoms with Crippen LogP contribution in [0.4, 0.5) is 0 Å². The summed E-state index contributed by atoms with van der Waals surface area (Å²) in [5, 5.41) is 8.01. The van der Waals surface area contributed by atoms with E-state index in [9.17, 15) is 4.79 Å². The lowest BCUT2D eigenvalue weighted by Crippen LogP contribution is -2.42. The maximum Gasteiger partial charge on any atom is 0.230 e. The smallest absolute Gasteiger partial charge is 0.230 e. The van der Waals surface area contributed by atoms with Gasteiger partial charge in [-0.25, -0.2) is 9.67 Å². The molecule has 1 aliphatic rings. The van der Waals surface area contributed by atoms with Crippen LogP contribution in [-0.4, -0.2) is 20.7 Å². The summed E-state index contributed by atoms with van der Waals surface area (Å²) in [6.07, 6.45) is 7.14. The minimum absolute atomic E-state index is 0.106. The van der Waals surface area contributed by atoms with E-state index in [0.717, 1.165) is 42.4 Å². The Morgan fingerprint density at radius 3 is 2.57 bits per heavy atom. The molecular formula is C22H23ClN4O. The summed E-state index contributed by atoms with van der Waals surface area (Å²) in [6.45, 7) is 1.18. The second-order valence-corrected chi connectivity index (χ2v) is 7.83. The number of benzene rings is 2. The number of nitrogens with one attached hydrogen (secondary N) is 1. The molecule has 144 valence electrons. The van der Waals surface area contributed by atoms with Gasteiger partial charge >= 0.3 is 0 Å². The Kier molecular flexibility index (Phi) is 5.44. The molecule has 1 saturated carbocycles. The first-order valence-corrected chi connectivity index (χ1v) is 9.98. The third-order valence-electron chi connectivity index (χ3n) is 5.54. The van der Waals surface area contributed by atoms with E-state index in [0.29, 0.717) is 18.1 Å². The van der Waals surface area contributed by atoms with E-state index in [1.54, 1.807) is 11.0 Å². The lowest BCUT2D eigenvalue weighted by Gasteiger charge is -2.28. The molecule has 4 rings (SSSR count). The number of carbonyl (C=O) groups is 1. The van der Waals surface area contributed by atoms with Crippen LogP contribution in [0, 0.1) is 0 Å². The summed E-state index contributed by atoms with van der Waals surface area (Å²) >= 11 is 6.04. The molecule has 0 saturated heterocycles. The van der Waals surface area contributed by atoms with Crippen LogP contribution in [-0.2, 0) is 23.3 Å². The quantitative estimate of drug-likeness (QED) is 0.684. The third kappa shape index (κ3) is 3.94. The Labute approximate surface area is 169 Å². The molecule has 0 aliphatic heterocycles. The van der Waals surface area contributed by atoms with E-state index < -0.39 is 5.41 Å². The normalized spacial score (nSPS) is 15.5. The van der Waals surface area contributed by atoms with Gasteiger partial charge in [0.05, 0.1) is 12.0 Å². The van der Waals surface area contributed by atoms with Gasteiger partial charge in [0.1, 0.15) is 12.7 Å². The maximum atomic E-state index is 13.2. The van der Waals surface area contributed by atoms with Crippen molar-refractivity contribution in [3.63, 3.8) is 0 Å². The molecule has 6 heteroatoms. The highest BCUT2D eigenvalue weighted by atomic mass is 35.5. The Hall–Kier alpha value is -2.66. The third-order valence-corrected chi connectivity index (χ3v) is 5.80. The highest BCUT2D eigenvalue weighted by Crippen LogP contribution is 2.41. The predicted molar refractivity (Wildman–Crippen MR) is 109 cm³/mol. The Balaban J connectivity index is 1.46. The van der Waals surface area contributed by atoms with E-state index in [2.05, 4.69) is 27.5 Å². The first-order chi connectivity index (χ1) is 13.7. The fraction of sp³-hybridized carbons (Fsp3) is 0.318. The second kappa shape index (κ2) is 8.15. The molecule has 2 aromatic carbocycles. The average Bonchev–Trinajstić information content (AvgIpc) is 3.40. The average molecular weight is 395 g/mol. The minimum Gasteiger partial charge on any atom is -0.351 e. The molecule has 5 nitrogen and oxygen atoms in total. The number of aromatic nitrogens is 3. The lowest BCUT2D eigenvalue weighted by atomic mass is 9.78. The van der Waals surface area contributed by atoms with Crippen molar-refractivity contribution < 1.29 is 4.79 Å². The molecule has 1 aromatic heterocycles. The van der Waals surface area contributed by atoms with Gasteiger partial charge in [0.2, 0.25) is 5.91 Å². The van der Waals surface area contributed by atoms with Crippen LogP contribution in [0.5, 0.6) is 0 Å².